The van der Waals surface area contributed by atoms with Crippen LogP contribution >= 0.6 is 11.8 Å². The molecule has 1 aliphatic rings. The summed E-state index contributed by atoms with van der Waals surface area (Å²) in [6.45, 7) is 4.28. The Morgan fingerprint density at radius 3 is 2.62 bits per heavy atom. The minimum absolute atomic E-state index is 0.573. The molecule has 1 aliphatic carbocycles. The van der Waals surface area contributed by atoms with E-state index in [-0.39, 0.29) is 0 Å². The van der Waals surface area contributed by atoms with Gasteiger partial charge in [-0.05, 0) is 38.8 Å². The van der Waals surface area contributed by atoms with E-state index in [1.807, 2.05) is 30.3 Å². The SMILES string of the molecule is Cc1nc(SCc2nnc(-c3ccccc3)o2)n(C2CCCCC2)c1C. The van der Waals surface area contributed by atoms with Gasteiger partial charge in [-0.1, -0.05) is 49.2 Å². The molecule has 0 unspecified atom stereocenters. The molecule has 0 bridgehead atoms. The molecule has 1 saturated carbocycles. The van der Waals surface area contributed by atoms with Gasteiger partial charge in [0.1, 0.15) is 0 Å². The number of rotatable bonds is 5. The maximum Gasteiger partial charge on any atom is 0.247 e. The number of hydrogen-bond donors (Lipinski definition) is 0. The molecule has 0 amide bonds. The first kappa shape index (κ1) is 17.3. The Morgan fingerprint density at radius 1 is 1.08 bits per heavy atom. The first-order chi connectivity index (χ1) is 12.7. The van der Waals surface area contributed by atoms with Crippen molar-refractivity contribution < 1.29 is 4.42 Å². The second-order valence-corrected chi connectivity index (χ2v) is 7.83. The van der Waals surface area contributed by atoms with E-state index in [4.69, 9.17) is 9.40 Å². The zero-order valence-electron chi connectivity index (χ0n) is 15.3. The molecular weight excluding hydrogens is 344 g/mol. The summed E-state index contributed by atoms with van der Waals surface area (Å²) in [5.74, 6) is 1.86. The second kappa shape index (κ2) is 7.66. The number of nitrogens with zero attached hydrogens (tertiary/aromatic N) is 4. The molecule has 2 aromatic heterocycles. The molecule has 1 aromatic carbocycles. The highest BCUT2D eigenvalue weighted by molar-refractivity contribution is 7.98. The van der Waals surface area contributed by atoms with Gasteiger partial charge in [-0.2, -0.15) is 0 Å². The number of benzene rings is 1. The third kappa shape index (κ3) is 3.56. The lowest BCUT2D eigenvalue weighted by Gasteiger charge is -2.25. The van der Waals surface area contributed by atoms with Crippen molar-refractivity contribution in [1.82, 2.24) is 19.7 Å². The topological polar surface area (TPSA) is 56.7 Å². The maximum absolute atomic E-state index is 5.83. The van der Waals surface area contributed by atoms with Gasteiger partial charge >= 0.3 is 0 Å². The van der Waals surface area contributed by atoms with Gasteiger partial charge in [-0.3, -0.25) is 0 Å². The molecule has 0 saturated heterocycles. The summed E-state index contributed by atoms with van der Waals surface area (Å²) in [7, 11) is 0. The average molecular weight is 369 g/mol. The van der Waals surface area contributed by atoms with Crippen molar-refractivity contribution >= 4 is 11.8 Å². The number of hydrogen-bond acceptors (Lipinski definition) is 5. The summed E-state index contributed by atoms with van der Waals surface area (Å²) in [5.41, 5.74) is 3.36. The standard InChI is InChI=1S/C20H24N4OS/c1-14-15(2)24(17-11-7-4-8-12-17)20(21-14)26-13-18-22-23-19(25-18)16-9-5-3-6-10-16/h3,5-6,9-10,17H,4,7-8,11-13H2,1-2H3. The monoisotopic (exact) mass is 368 g/mol. The summed E-state index contributed by atoms with van der Waals surface area (Å²) in [5, 5.41) is 9.46. The maximum atomic E-state index is 5.83. The molecule has 0 aliphatic heterocycles. The molecule has 0 radical (unpaired) electrons. The third-order valence-corrected chi connectivity index (χ3v) is 6.04. The van der Waals surface area contributed by atoms with Crippen LogP contribution in [0.2, 0.25) is 0 Å². The number of aryl methyl sites for hydroxylation is 1. The Balaban J connectivity index is 1.50. The molecule has 0 atom stereocenters. The van der Waals surface area contributed by atoms with Gasteiger partial charge in [0.05, 0.1) is 11.4 Å². The fraction of sp³-hybridized carbons (Fsp3) is 0.450. The van der Waals surface area contributed by atoms with E-state index < -0.39 is 0 Å². The van der Waals surface area contributed by atoms with Crippen LogP contribution in [0.15, 0.2) is 39.9 Å². The first-order valence-electron chi connectivity index (χ1n) is 9.28. The summed E-state index contributed by atoms with van der Waals surface area (Å²) >= 11 is 1.69. The van der Waals surface area contributed by atoms with Crippen molar-refractivity contribution in [3.8, 4) is 11.5 Å². The normalized spacial score (nSPS) is 15.5. The molecule has 1 fully saturated rings. The van der Waals surface area contributed by atoms with E-state index in [1.54, 1.807) is 11.8 Å². The van der Waals surface area contributed by atoms with Crippen LogP contribution in [0.4, 0.5) is 0 Å². The quantitative estimate of drug-likeness (QED) is 0.568. The molecule has 136 valence electrons. The van der Waals surface area contributed by atoms with E-state index >= 15 is 0 Å². The summed E-state index contributed by atoms with van der Waals surface area (Å²) < 4.78 is 8.27. The van der Waals surface area contributed by atoms with E-state index in [9.17, 15) is 0 Å². The lowest BCUT2D eigenvalue weighted by Crippen LogP contribution is -2.15. The Bertz CT molecular complexity index is 865. The van der Waals surface area contributed by atoms with Crippen LogP contribution in [0.3, 0.4) is 0 Å². The Hall–Kier alpha value is -2.08. The predicted octanol–water partition coefficient (Wildman–Crippen LogP) is 5.35. The van der Waals surface area contributed by atoms with Gasteiger partial charge < -0.3 is 8.98 Å². The van der Waals surface area contributed by atoms with E-state index in [2.05, 4.69) is 28.6 Å². The van der Waals surface area contributed by atoms with Gasteiger partial charge in [-0.25, -0.2) is 4.98 Å². The van der Waals surface area contributed by atoms with E-state index in [0.717, 1.165) is 16.4 Å². The largest absolute Gasteiger partial charge is 0.420 e. The Kier molecular flexibility index (Phi) is 5.11. The lowest BCUT2D eigenvalue weighted by atomic mass is 9.95. The zero-order valence-corrected chi connectivity index (χ0v) is 16.1. The zero-order chi connectivity index (χ0) is 17.9. The van der Waals surface area contributed by atoms with Crippen molar-refractivity contribution in [1.29, 1.82) is 0 Å². The van der Waals surface area contributed by atoms with Crippen LogP contribution in [0.1, 0.15) is 55.4 Å². The molecule has 5 nitrogen and oxygen atoms in total. The van der Waals surface area contributed by atoms with E-state index in [0.29, 0.717) is 23.6 Å². The summed E-state index contributed by atoms with van der Waals surface area (Å²) in [6.07, 6.45) is 6.49. The molecule has 6 heteroatoms. The minimum Gasteiger partial charge on any atom is -0.420 e. The van der Waals surface area contributed by atoms with Crippen molar-refractivity contribution in [2.24, 2.45) is 0 Å². The number of imidazole rings is 1. The van der Waals surface area contributed by atoms with Crippen molar-refractivity contribution in [2.45, 2.75) is 62.9 Å². The summed E-state index contributed by atoms with van der Waals surface area (Å²) in [6, 6.07) is 10.5. The van der Waals surface area contributed by atoms with Gasteiger partial charge in [0, 0.05) is 17.3 Å². The minimum atomic E-state index is 0.573. The second-order valence-electron chi connectivity index (χ2n) is 6.88. The predicted molar refractivity (Wildman–Crippen MR) is 103 cm³/mol. The van der Waals surface area contributed by atoms with E-state index in [1.165, 1.54) is 37.8 Å². The average Bonchev–Trinajstić information content (AvgIpc) is 3.26. The smallest absolute Gasteiger partial charge is 0.247 e. The van der Waals surface area contributed by atoms with Crippen LogP contribution in [-0.4, -0.2) is 19.7 Å². The highest BCUT2D eigenvalue weighted by Gasteiger charge is 2.22. The van der Waals surface area contributed by atoms with Crippen LogP contribution in [0.5, 0.6) is 0 Å². The van der Waals surface area contributed by atoms with Crippen LogP contribution < -0.4 is 0 Å². The fourth-order valence-electron chi connectivity index (χ4n) is 3.60. The molecule has 3 aromatic rings. The van der Waals surface area contributed by atoms with Crippen molar-refractivity contribution in [3.05, 3.63) is 47.6 Å². The molecule has 26 heavy (non-hydrogen) atoms. The highest BCUT2D eigenvalue weighted by Crippen LogP contribution is 2.35. The van der Waals surface area contributed by atoms with Crippen LogP contribution in [0.25, 0.3) is 11.5 Å². The van der Waals surface area contributed by atoms with Gasteiger partial charge in [0.15, 0.2) is 5.16 Å². The van der Waals surface area contributed by atoms with Gasteiger partial charge in [-0.15, -0.1) is 10.2 Å². The van der Waals surface area contributed by atoms with Crippen molar-refractivity contribution in [2.75, 3.05) is 0 Å². The molecular formula is C20H24N4OS. The highest BCUT2D eigenvalue weighted by atomic mass is 32.2. The van der Waals surface area contributed by atoms with Crippen LogP contribution in [0, 0.1) is 13.8 Å². The Labute approximate surface area is 158 Å². The molecule has 4 rings (SSSR count). The fourth-order valence-corrected chi connectivity index (χ4v) is 4.60. The van der Waals surface area contributed by atoms with Crippen LogP contribution in [-0.2, 0) is 5.75 Å². The lowest BCUT2D eigenvalue weighted by molar-refractivity contribution is 0.332. The molecule has 0 N–H and O–H groups in total. The number of thioether (sulfide) groups is 1. The van der Waals surface area contributed by atoms with Gasteiger partial charge in [0.25, 0.3) is 0 Å². The van der Waals surface area contributed by atoms with Gasteiger partial charge in [0.2, 0.25) is 11.8 Å². The third-order valence-electron chi connectivity index (χ3n) is 5.11. The Morgan fingerprint density at radius 2 is 1.85 bits per heavy atom. The molecule has 0 spiro atoms. The summed E-state index contributed by atoms with van der Waals surface area (Å²) in [4.78, 5) is 4.80. The van der Waals surface area contributed by atoms with Crippen molar-refractivity contribution in [3.63, 3.8) is 0 Å². The number of aromatic nitrogens is 4. The first-order valence-corrected chi connectivity index (χ1v) is 10.3. The molecule has 2 heterocycles.